The Hall–Kier alpha value is -0.570. The van der Waals surface area contributed by atoms with Gasteiger partial charge in [-0.05, 0) is 64.2 Å². The highest BCUT2D eigenvalue weighted by atomic mass is 35.5. The summed E-state index contributed by atoms with van der Waals surface area (Å²) in [5.41, 5.74) is 1.39. The third kappa shape index (κ3) is 4.70. The van der Waals surface area contributed by atoms with Crippen molar-refractivity contribution in [1.82, 2.24) is 10.2 Å². The van der Waals surface area contributed by atoms with Gasteiger partial charge in [-0.1, -0.05) is 23.7 Å². The van der Waals surface area contributed by atoms with Gasteiger partial charge in [-0.15, -0.1) is 0 Å². The third-order valence-corrected chi connectivity index (χ3v) is 4.82. The highest BCUT2D eigenvalue weighted by Gasteiger charge is 2.29. The second-order valence-corrected chi connectivity index (χ2v) is 7.24. The standard InChI is InChI=1S/C18H29ClN2/c1-13(2)21(14(3)4)9-8-20-18-11-16(12-18)15-6-5-7-17(19)10-15/h5-7,10,13-14,16,18,20H,8-9,11-12H2,1-4H3. The first-order chi connectivity index (χ1) is 9.97. The van der Waals surface area contributed by atoms with E-state index in [0.29, 0.717) is 24.0 Å². The summed E-state index contributed by atoms with van der Waals surface area (Å²) in [5, 5.41) is 4.55. The van der Waals surface area contributed by atoms with E-state index in [1.54, 1.807) is 0 Å². The van der Waals surface area contributed by atoms with Crippen LogP contribution in [-0.4, -0.2) is 36.1 Å². The van der Waals surface area contributed by atoms with E-state index in [4.69, 9.17) is 11.6 Å². The van der Waals surface area contributed by atoms with E-state index in [-0.39, 0.29) is 0 Å². The van der Waals surface area contributed by atoms with E-state index >= 15 is 0 Å². The number of hydrogen-bond donors (Lipinski definition) is 1. The Bertz CT molecular complexity index is 431. The Morgan fingerprint density at radius 1 is 1.19 bits per heavy atom. The lowest BCUT2D eigenvalue weighted by Crippen LogP contribution is -2.46. The fraction of sp³-hybridized carbons (Fsp3) is 0.667. The molecule has 0 amide bonds. The summed E-state index contributed by atoms with van der Waals surface area (Å²) in [6.45, 7) is 11.3. The molecule has 1 saturated carbocycles. The quantitative estimate of drug-likeness (QED) is 0.808. The van der Waals surface area contributed by atoms with Crippen molar-refractivity contribution in [2.45, 2.75) is 64.6 Å². The van der Waals surface area contributed by atoms with Crippen molar-refractivity contribution in [2.24, 2.45) is 0 Å². The maximum Gasteiger partial charge on any atom is 0.0408 e. The van der Waals surface area contributed by atoms with Crippen LogP contribution < -0.4 is 5.32 Å². The Labute approximate surface area is 134 Å². The zero-order valence-electron chi connectivity index (χ0n) is 13.8. The van der Waals surface area contributed by atoms with E-state index in [0.717, 1.165) is 18.1 Å². The number of hydrogen-bond acceptors (Lipinski definition) is 2. The summed E-state index contributed by atoms with van der Waals surface area (Å²) >= 11 is 6.06. The minimum atomic E-state index is 0.618. The van der Waals surface area contributed by atoms with Crippen LogP contribution in [-0.2, 0) is 0 Å². The molecule has 2 nitrogen and oxygen atoms in total. The molecule has 1 aromatic rings. The SMILES string of the molecule is CC(C)N(CCNC1CC(c2cccc(Cl)c2)C1)C(C)C. The first kappa shape index (κ1) is 16.8. The summed E-state index contributed by atoms with van der Waals surface area (Å²) in [7, 11) is 0. The molecule has 0 aromatic heterocycles. The Balaban J connectivity index is 1.69. The fourth-order valence-corrected chi connectivity index (χ4v) is 3.53. The van der Waals surface area contributed by atoms with Crippen LogP contribution in [0.5, 0.6) is 0 Å². The molecular weight excluding hydrogens is 280 g/mol. The molecule has 0 spiro atoms. The molecule has 1 N–H and O–H groups in total. The van der Waals surface area contributed by atoms with Crippen molar-refractivity contribution >= 4 is 11.6 Å². The minimum Gasteiger partial charge on any atom is -0.313 e. The van der Waals surface area contributed by atoms with E-state index < -0.39 is 0 Å². The van der Waals surface area contributed by atoms with Gasteiger partial charge in [0, 0.05) is 36.2 Å². The van der Waals surface area contributed by atoms with Crippen molar-refractivity contribution in [3.63, 3.8) is 0 Å². The Morgan fingerprint density at radius 2 is 1.86 bits per heavy atom. The van der Waals surface area contributed by atoms with Gasteiger partial charge in [0.15, 0.2) is 0 Å². The van der Waals surface area contributed by atoms with Crippen molar-refractivity contribution in [3.8, 4) is 0 Å². The second-order valence-electron chi connectivity index (χ2n) is 6.80. The zero-order valence-corrected chi connectivity index (χ0v) is 14.5. The lowest BCUT2D eigenvalue weighted by atomic mass is 9.76. The average Bonchev–Trinajstić information content (AvgIpc) is 2.35. The molecule has 0 heterocycles. The van der Waals surface area contributed by atoms with Crippen molar-refractivity contribution in [3.05, 3.63) is 34.9 Å². The molecule has 118 valence electrons. The predicted molar refractivity (Wildman–Crippen MR) is 92.2 cm³/mol. The molecule has 0 bridgehead atoms. The van der Waals surface area contributed by atoms with Crippen LogP contribution in [0.3, 0.4) is 0 Å². The first-order valence-corrected chi connectivity index (χ1v) is 8.59. The molecule has 1 aromatic carbocycles. The van der Waals surface area contributed by atoms with Gasteiger partial charge in [0.2, 0.25) is 0 Å². The molecule has 0 radical (unpaired) electrons. The van der Waals surface area contributed by atoms with Crippen molar-refractivity contribution in [1.29, 1.82) is 0 Å². The maximum atomic E-state index is 6.06. The van der Waals surface area contributed by atoms with Gasteiger partial charge in [-0.25, -0.2) is 0 Å². The molecule has 1 aliphatic carbocycles. The lowest BCUT2D eigenvalue weighted by Gasteiger charge is -2.38. The topological polar surface area (TPSA) is 15.3 Å². The largest absolute Gasteiger partial charge is 0.313 e. The van der Waals surface area contributed by atoms with E-state index in [2.05, 4.69) is 56.1 Å². The van der Waals surface area contributed by atoms with Crippen LogP contribution in [0, 0.1) is 0 Å². The lowest BCUT2D eigenvalue weighted by molar-refractivity contribution is 0.168. The van der Waals surface area contributed by atoms with Crippen molar-refractivity contribution in [2.75, 3.05) is 13.1 Å². The minimum absolute atomic E-state index is 0.618. The van der Waals surface area contributed by atoms with Gasteiger partial charge in [-0.3, -0.25) is 4.90 Å². The molecule has 21 heavy (non-hydrogen) atoms. The Kier molecular flexibility index (Phi) is 6.09. The average molecular weight is 309 g/mol. The van der Waals surface area contributed by atoms with E-state index in [1.807, 2.05) is 6.07 Å². The first-order valence-electron chi connectivity index (χ1n) is 8.22. The molecule has 0 atom stereocenters. The number of rotatable bonds is 7. The number of nitrogens with zero attached hydrogens (tertiary/aromatic N) is 1. The van der Waals surface area contributed by atoms with Crippen LogP contribution in [0.4, 0.5) is 0 Å². The monoisotopic (exact) mass is 308 g/mol. The van der Waals surface area contributed by atoms with Crippen molar-refractivity contribution < 1.29 is 0 Å². The van der Waals surface area contributed by atoms with Crippen LogP contribution in [0.25, 0.3) is 0 Å². The summed E-state index contributed by atoms with van der Waals surface area (Å²) in [4.78, 5) is 2.54. The van der Waals surface area contributed by atoms with Gasteiger partial charge in [0.05, 0.1) is 0 Å². The highest BCUT2D eigenvalue weighted by Crippen LogP contribution is 2.37. The summed E-state index contributed by atoms with van der Waals surface area (Å²) in [6, 6.07) is 10.2. The molecule has 0 saturated heterocycles. The number of halogens is 1. The van der Waals surface area contributed by atoms with Gasteiger partial charge in [0.1, 0.15) is 0 Å². The molecule has 0 unspecified atom stereocenters. The van der Waals surface area contributed by atoms with Gasteiger partial charge < -0.3 is 5.32 Å². The molecule has 1 fully saturated rings. The molecular formula is C18H29ClN2. The summed E-state index contributed by atoms with van der Waals surface area (Å²) in [6.07, 6.45) is 2.48. The smallest absolute Gasteiger partial charge is 0.0408 e. The van der Waals surface area contributed by atoms with Crippen LogP contribution in [0.15, 0.2) is 24.3 Å². The number of benzene rings is 1. The molecule has 1 aliphatic rings. The third-order valence-electron chi connectivity index (χ3n) is 4.59. The van der Waals surface area contributed by atoms with E-state index in [9.17, 15) is 0 Å². The Morgan fingerprint density at radius 3 is 2.43 bits per heavy atom. The fourth-order valence-electron chi connectivity index (χ4n) is 3.33. The van der Waals surface area contributed by atoms with E-state index in [1.165, 1.54) is 18.4 Å². The maximum absolute atomic E-state index is 6.06. The zero-order chi connectivity index (χ0) is 15.4. The summed E-state index contributed by atoms with van der Waals surface area (Å²) < 4.78 is 0. The predicted octanol–water partition coefficient (Wildman–Crippen LogP) is 4.29. The molecule has 2 rings (SSSR count). The van der Waals surface area contributed by atoms with Gasteiger partial charge in [0.25, 0.3) is 0 Å². The second kappa shape index (κ2) is 7.62. The molecule has 0 aliphatic heterocycles. The van der Waals surface area contributed by atoms with Crippen LogP contribution >= 0.6 is 11.6 Å². The number of nitrogens with one attached hydrogen (secondary N) is 1. The van der Waals surface area contributed by atoms with Gasteiger partial charge in [-0.2, -0.15) is 0 Å². The van der Waals surface area contributed by atoms with Crippen LogP contribution in [0.2, 0.25) is 5.02 Å². The summed E-state index contributed by atoms with van der Waals surface area (Å²) in [5.74, 6) is 0.688. The molecule has 3 heteroatoms. The normalized spacial score (nSPS) is 22.1. The van der Waals surface area contributed by atoms with Crippen LogP contribution in [0.1, 0.15) is 52.0 Å². The van der Waals surface area contributed by atoms with Gasteiger partial charge >= 0.3 is 0 Å². The highest BCUT2D eigenvalue weighted by molar-refractivity contribution is 6.30.